The minimum atomic E-state index is -1.03. The lowest BCUT2D eigenvalue weighted by atomic mass is 9.85. The van der Waals surface area contributed by atoms with Gasteiger partial charge < -0.3 is 9.84 Å². The van der Waals surface area contributed by atoms with E-state index in [9.17, 15) is 20.4 Å². The topological polar surface area (TPSA) is 110 Å². The molecule has 8 heteroatoms. The van der Waals surface area contributed by atoms with Crippen molar-refractivity contribution in [2.75, 3.05) is 0 Å². The molecule has 0 bridgehead atoms. The highest BCUT2D eigenvalue weighted by molar-refractivity contribution is 6.30. The molecule has 37 heavy (non-hydrogen) atoms. The maximum absolute atomic E-state index is 12.5. The van der Waals surface area contributed by atoms with E-state index in [2.05, 4.69) is 12.1 Å². The molecule has 0 saturated heterocycles. The average molecular weight is 515 g/mol. The Balaban J connectivity index is 2.05. The van der Waals surface area contributed by atoms with Gasteiger partial charge >= 0.3 is 6.09 Å². The lowest BCUT2D eigenvalue weighted by molar-refractivity contribution is 0.00156. The second kappa shape index (κ2) is 9.42. The van der Waals surface area contributed by atoms with Crippen molar-refractivity contribution in [3.05, 3.63) is 70.2 Å². The van der Waals surface area contributed by atoms with E-state index in [0.717, 1.165) is 5.56 Å². The molecule has 1 atom stereocenters. The number of carboxylic acid groups (broad SMARTS) is 1. The van der Waals surface area contributed by atoms with Crippen LogP contribution in [0.3, 0.4) is 0 Å². The van der Waals surface area contributed by atoms with E-state index in [1.807, 2.05) is 52.8 Å². The summed E-state index contributed by atoms with van der Waals surface area (Å²) in [6.07, 6.45) is -0.595. The number of nitriles is 2. The van der Waals surface area contributed by atoms with Gasteiger partial charge in [0.25, 0.3) is 0 Å². The minimum absolute atomic E-state index is 0.301. The standard InChI is InChI=1S/C29H27ClN4O3/c1-28(2,3)34(27(35)36)24-14-29(4,5)37-26-23(24)13-22(18-7-9-20(30)10-8-18)25(33-26)21-11-6-17(15-31)12-19(21)16-32/h6-13,24H,14H2,1-5H3,(H,35,36). The van der Waals surface area contributed by atoms with Crippen LogP contribution in [0, 0.1) is 22.7 Å². The fraction of sp³-hybridized carbons (Fsp3) is 0.310. The van der Waals surface area contributed by atoms with Crippen molar-refractivity contribution in [2.45, 2.75) is 58.2 Å². The molecule has 0 fully saturated rings. The first-order chi connectivity index (χ1) is 17.3. The number of aromatic nitrogens is 1. The number of nitrogens with zero attached hydrogens (tertiary/aromatic N) is 4. The zero-order chi connectivity index (χ0) is 27.1. The number of pyridine rings is 1. The normalized spacial score (nSPS) is 16.1. The molecule has 1 aliphatic heterocycles. The zero-order valence-corrected chi connectivity index (χ0v) is 22.1. The highest BCUT2D eigenvalue weighted by Crippen LogP contribution is 2.47. The van der Waals surface area contributed by atoms with Gasteiger partial charge in [0.15, 0.2) is 0 Å². The van der Waals surface area contributed by atoms with Crippen molar-refractivity contribution in [1.82, 2.24) is 9.88 Å². The van der Waals surface area contributed by atoms with Crippen LogP contribution in [0.15, 0.2) is 48.5 Å². The summed E-state index contributed by atoms with van der Waals surface area (Å²) in [5.41, 5.74) is 2.49. The molecule has 1 aliphatic rings. The van der Waals surface area contributed by atoms with Crippen molar-refractivity contribution in [3.8, 4) is 40.4 Å². The van der Waals surface area contributed by atoms with Crippen LogP contribution in [0.4, 0.5) is 4.79 Å². The van der Waals surface area contributed by atoms with Crippen LogP contribution in [0.1, 0.15) is 63.8 Å². The van der Waals surface area contributed by atoms with Gasteiger partial charge in [-0.2, -0.15) is 10.5 Å². The molecule has 1 unspecified atom stereocenters. The molecule has 0 saturated carbocycles. The second-order valence-corrected chi connectivity index (χ2v) is 11.1. The molecule has 3 aromatic rings. The van der Waals surface area contributed by atoms with Crippen LogP contribution in [0.5, 0.6) is 5.88 Å². The summed E-state index contributed by atoms with van der Waals surface area (Å²) in [4.78, 5) is 18.8. The lowest BCUT2D eigenvalue weighted by Gasteiger charge is -2.46. The molecule has 2 aromatic carbocycles. The average Bonchev–Trinajstić information content (AvgIpc) is 2.81. The third-order valence-corrected chi connectivity index (χ3v) is 6.60. The van der Waals surface area contributed by atoms with Gasteiger partial charge in [-0.1, -0.05) is 29.8 Å². The predicted octanol–water partition coefficient (Wildman–Crippen LogP) is 7.19. The smallest absolute Gasteiger partial charge is 0.408 e. The Morgan fingerprint density at radius 3 is 2.35 bits per heavy atom. The number of hydrogen-bond acceptors (Lipinski definition) is 5. The number of fused-ring (bicyclic) bond motifs is 1. The Bertz CT molecular complexity index is 1460. The van der Waals surface area contributed by atoms with Gasteiger partial charge in [-0.25, -0.2) is 9.78 Å². The third kappa shape index (κ3) is 5.09. The van der Waals surface area contributed by atoms with E-state index in [1.165, 1.54) is 11.0 Å². The number of rotatable bonds is 3. The van der Waals surface area contributed by atoms with Crippen LogP contribution in [0.2, 0.25) is 5.02 Å². The van der Waals surface area contributed by atoms with Crippen molar-refractivity contribution < 1.29 is 14.6 Å². The summed E-state index contributed by atoms with van der Waals surface area (Å²) >= 11 is 6.15. The predicted molar refractivity (Wildman–Crippen MR) is 141 cm³/mol. The SMILES string of the molecule is CC1(C)CC(N(C(=O)O)C(C)(C)C)c2cc(-c3ccc(Cl)cc3)c(-c3ccc(C#N)cc3C#N)nc2O1. The van der Waals surface area contributed by atoms with Gasteiger partial charge in [-0.3, -0.25) is 4.90 Å². The fourth-order valence-electron chi connectivity index (χ4n) is 4.80. The Kier molecular flexibility index (Phi) is 6.62. The van der Waals surface area contributed by atoms with Gasteiger partial charge in [0, 0.05) is 33.7 Å². The van der Waals surface area contributed by atoms with Gasteiger partial charge in [0.05, 0.1) is 35.0 Å². The number of benzene rings is 2. The first-order valence-corrected chi connectivity index (χ1v) is 12.2. The van der Waals surface area contributed by atoms with Crippen LogP contribution < -0.4 is 4.74 Å². The van der Waals surface area contributed by atoms with E-state index in [0.29, 0.717) is 50.8 Å². The summed E-state index contributed by atoms with van der Waals surface area (Å²) < 4.78 is 6.30. The van der Waals surface area contributed by atoms with E-state index >= 15 is 0 Å². The van der Waals surface area contributed by atoms with Gasteiger partial charge in [0.2, 0.25) is 5.88 Å². The molecule has 2 heterocycles. The lowest BCUT2D eigenvalue weighted by Crippen LogP contribution is -2.51. The van der Waals surface area contributed by atoms with Gasteiger partial charge in [-0.15, -0.1) is 0 Å². The van der Waals surface area contributed by atoms with E-state index in [-0.39, 0.29) is 0 Å². The first kappa shape index (κ1) is 26.0. The fourth-order valence-corrected chi connectivity index (χ4v) is 4.92. The first-order valence-electron chi connectivity index (χ1n) is 11.8. The second-order valence-electron chi connectivity index (χ2n) is 10.7. The van der Waals surface area contributed by atoms with Crippen LogP contribution >= 0.6 is 11.6 Å². The molecular formula is C29H27ClN4O3. The minimum Gasteiger partial charge on any atom is -0.471 e. The summed E-state index contributed by atoms with van der Waals surface area (Å²) in [6.45, 7) is 9.40. The number of amides is 1. The van der Waals surface area contributed by atoms with Crippen LogP contribution in [-0.4, -0.2) is 32.2 Å². The molecule has 1 aromatic heterocycles. The Morgan fingerprint density at radius 1 is 1.11 bits per heavy atom. The molecule has 0 radical (unpaired) electrons. The van der Waals surface area contributed by atoms with E-state index < -0.39 is 23.3 Å². The Labute approximate surface area is 221 Å². The maximum Gasteiger partial charge on any atom is 0.408 e. The summed E-state index contributed by atoms with van der Waals surface area (Å²) in [5.74, 6) is 0.317. The van der Waals surface area contributed by atoms with Gasteiger partial charge in [-0.05, 0) is 70.5 Å². The van der Waals surface area contributed by atoms with Crippen molar-refractivity contribution in [1.29, 1.82) is 10.5 Å². The molecule has 1 amide bonds. The molecule has 0 spiro atoms. The van der Waals surface area contributed by atoms with Crippen molar-refractivity contribution in [3.63, 3.8) is 0 Å². The number of carbonyl (C=O) groups is 1. The number of ether oxygens (including phenoxy) is 1. The number of hydrogen-bond donors (Lipinski definition) is 1. The zero-order valence-electron chi connectivity index (χ0n) is 21.3. The Hall–Kier alpha value is -4.07. The summed E-state index contributed by atoms with van der Waals surface area (Å²) in [5, 5.41) is 30.0. The Morgan fingerprint density at radius 2 is 1.78 bits per heavy atom. The van der Waals surface area contributed by atoms with E-state index in [1.54, 1.807) is 24.3 Å². The molecule has 4 rings (SSSR count). The highest BCUT2D eigenvalue weighted by Gasteiger charge is 2.44. The molecule has 0 aliphatic carbocycles. The highest BCUT2D eigenvalue weighted by atomic mass is 35.5. The monoisotopic (exact) mass is 514 g/mol. The molecular weight excluding hydrogens is 488 g/mol. The van der Waals surface area contributed by atoms with E-state index in [4.69, 9.17) is 21.3 Å². The molecule has 188 valence electrons. The third-order valence-electron chi connectivity index (χ3n) is 6.35. The van der Waals surface area contributed by atoms with Crippen LogP contribution in [0.25, 0.3) is 22.4 Å². The van der Waals surface area contributed by atoms with Crippen molar-refractivity contribution >= 4 is 17.7 Å². The van der Waals surface area contributed by atoms with Crippen LogP contribution in [-0.2, 0) is 0 Å². The largest absolute Gasteiger partial charge is 0.471 e. The summed E-state index contributed by atoms with van der Waals surface area (Å²) in [6, 6.07) is 17.7. The quantitative estimate of drug-likeness (QED) is 0.396. The summed E-state index contributed by atoms with van der Waals surface area (Å²) in [7, 11) is 0. The number of halogens is 1. The maximum atomic E-state index is 12.5. The molecule has 7 nitrogen and oxygen atoms in total. The van der Waals surface area contributed by atoms with Gasteiger partial charge in [0.1, 0.15) is 5.60 Å². The molecule has 1 N–H and O–H groups in total. The van der Waals surface area contributed by atoms with Crippen molar-refractivity contribution in [2.24, 2.45) is 0 Å².